The molecule has 2 aromatic carbocycles. The van der Waals surface area contributed by atoms with Gasteiger partial charge in [-0.25, -0.2) is 8.78 Å². The van der Waals surface area contributed by atoms with Gasteiger partial charge in [0.15, 0.2) is 0 Å². The first-order valence-electron chi connectivity index (χ1n) is 6.13. The SMILES string of the molecule is OC(c1c(F)cccc1F)c1cncc2ccccc12. The van der Waals surface area contributed by atoms with E-state index in [1.807, 2.05) is 12.1 Å². The summed E-state index contributed by atoms with van der Waals surface area (Å²) in [5, 5.41) is 11.9. The van der Waals surface area contributed by atoms with E-state index >= 15 is 0 Å². The molecule has 2 nitrogen and oxygen atoms in total. The smallest absolute Gasteiger partial charge is 0.132 e. The third-order valence-electron chi connectivity index (χ3n) is 3.27. The molecule has 0 bridgehead atoms. The molecule has 0 saturated carbocycles. The van der Waals surface area contributed by atoms with E-state index in [-0.39, 0.29) is 5.56 Å². The van der Waals surface area contributed by atoms with E-state index in [0.717, 1.165) is 22.9 Å². The number of hydrogen-bond acceptors (Lipinski definition) is 2. The highest BCUT2D eigenvalue weighted by Crippen LogP contribution is 2.30. The van der Waals surface area contributed by atoms with Gasteiger partial charge in [-0.15, -0.1) is 0 Å². The van der Waals surface area contributed by atoms with Gasteiger partial charge >= 0.3 is 0 Å². The summed E-state index contributed by atoms with van der Waals surface area (Å²) in [4.78, 5) is 4.01. The summed E-state index contributed by atoms with van der Waals surface area (Å²) in [6.07, 6.45) is 1.68. The normalized spacial score (nSPS) is 12.6. The Hall–Kier alpha value is -2.33. The van der Waals surface area contributed by atoms with Crippen LogP contribution in [0.3, 0.4) is 0 Å². The first-order valence-corrected chi connectivity index (χ1v) is 6.13. The lowest BCUT2D eigenvalue weighted by Crippen LogP contribution is -2.06. The molecule has 4 heteroatoms. The van der Waals surface area contributed by atoms with Crippen LogP contribution >= 0.6 is 0 Å². The van der Waals surface area contributed by atoms with Crippen molar-refractivity contribution in [2.75, 3.05) is 0 Å². The van der Waals surface area contributed by atoms with Gasteiger partial charge < -0.3 is 5.11 Å². The fraction of sp³-hybridized carbons (Fsp3) is 0.0625. The van der Waals surface area contributed by atoms with Crippen LogP contribution in [0.1, 0.15) is 17.2 Å². The fourth-order valence-electron chi connectivity index (χ4n) is 2.29. The molecule has 0 amide bonds. The summed E-state index contributed by atoms with van der Waals surface area (Å²) in [7, 11) is 0. The summed E-state index contributed by atoms with van der Waals surface area (Å²) in [5.74, 6) is -1.55. The lowest BCUT2D eigenvalue weighted by atomic mass is 9.97. The van der Waals surface area contributed by atoms with Crippen molar-refractivity contribution in [3.8, 4) is 0 Å². The predicted molar refractivity (Wildman–Crippen MR) is 72.2 cm³/mol. The van der Waals surface area contributed by atoms with E-state index < -0.39 is 17.7 Å². The minimum absolute atomic E-state index is 0.356. The molecule has 0 aliphatic carbocycles. The van der Waals surface area contributed by atoms with Crippen molar-refractivity contribution in [3.05, 3.63) is 77.6 Å². The van der Waals surface area contributed by atoms with Gasteiger partial charge in [0.2, 0.25) is 0 Å². The van der Waals surface area contributed by atoms with Crippen LogP contribution in [0.25, 0.3) is 10.8 Å². The van der Waals surface area contributed by atoms with Crippen LogP contribution in [0.5, 0.6) is 0 Å². The van der Waals surface area contributed by atoms with Crippen LogP contribution in [0.4, 0.5) is 8.78 Å². The Balaban J connectivity index is 2.21. The second-order valence-corrected chi connectivity index (χ2v) is 4.49. The van der Waals surface area contributed by atoms with Gasteiger partial charge in [0.05, 0.1) is 5.56 Å². The Morgan fingerprint density at radius 2 is 1.60 bits per heavy atom. The summed E-state index contributed by atoms with van der Waals surface area (Å²) < 4.78 is 27.5. The summed E-state index contributed by atoms with van der Waals surface area (Å²) in [6, 6.07) is 10.8. The van der Waals surface area contributed by atoms with Gasteiger partial charge in [0, 0.05) is 23.3 Å². The molecule has 1 unspecified atom stereocenters. The first-order chi connectivity index (χ1) is 9.68. The highest BCUT2D eigenvalue weighted by Gasteiger charge is 2.21. The number of benzene rings is 2. The molecule has 0 saturated heterocycles. The average molecular weight is 271 g/mol. The zero-order chi connectivity index (χ0) is 14.1. The number of fused-ring (bicyclic) bond motifs is 1. The molecule has 1 aromatic heterocycles. The molecule has 0 aliphatic heterocycles. The second kappa shape index (κ2) is 4.98. The largest absolute Gasteiger partial charge is 0.383 e. The monoisotopic (exact) mass is 271 g/mol. The van der Waals surface area contributed by atoms with Gasteiger partial charge in [-0.2, -0.15) is 0 Å². The molecule has 0 radical (unpaired) electrons. The Morgan fingerprint density at radius 3 is 2.35 bits per heavy atom. The molecular formula is C16H11F2NO. The van der Waals surface area contributed by atoms with Crippen molar-refractivity contribution in [2.45, 2.75) is 6.10 Å². The van der Waals surface area contributed by atoms with Crippen molar-refractivity contribution in [1.82, 2.24) is 4.98 Å². The van der Waals surface area contributed by atoms with Crippen LogP contribution in [0, 0.1) is 11.6 Å². The Morgan fingerprint density at radius 1 is 0.900 bits per heavy atom. The number of aromatic nitrogens is 1. The molecule has 100 valence electrons. The first kappa shape index (κ1) is 12.7. The average Bonchev–Trinajstić information content (AvgIpc) is 2.46. The van der Waals surface area contributed by atoms with Crippen LogP contribution < -0.4 is 0 Å². The third-order valence-corrected chi connectivity index (χ3v) is 3.27. The standard InChI is InChI=1S/C16H11F2NO/c17-13-6-3-7-14(18)15(13)16(20)12-9-19-8-10-4-1-2-5-11(10)12/h1-9,16,20H. The van der Waals surface area contributed by atoms with Crippen LogP contribution in [0.15, 0.2) is 54.9 Å². The number of rotatable bonds is 2. The van der Waals surface area contributed by atoms with Crippen LogP contribution in [0.2, 0.25) is 0 Å². The summed E-state index contributed by atoms with van der Waals surface area (Å²) in [5.41, 5.74) is 0.0257. The molecule has 0 aliphatic rings. The molecule has 1 heterocycles. The number of nitrogens with zero attached hydrogens (tertiary/aromatic N) is 1. The van der Waals surface area contributed by atoms with Gasteiger partial charge in [0.25, 0.3) is 0 Å². The number of halogens is 2. The van der Waals surface area contributed by atoms with Gasteiger partial charge in [-0.1, -0.05) is 30.3 Å². The summed E-state index contributed by atoms with van der Waals surface area (Å²) >= 11 is 0. The maximum atomic E-state index is 13.8. The van der Waals surface area contributed by atoms with Crippen molar-refractivity contribution < 1.29 is 13.9 Å². The molecule has 20 heavy (non-hydrogen) atoms. The van der Waals surface area contributed by atoms with E-state index in [1.54, 1.807) is 18.3 Å². The van der Waals surface area contributed by atoms with Gasteiger partial charge in [-0.3, -0.25) is 4.98 Å². The van der Waals surface area contributed by atoms with Gasteiger partial charge in [-0.05, 0) is 17.5 Å². The van der Waals surface area contributed by atoms with E-state index in [0.29, 0.717) is 5.56 Å². The van der Waals surface area contributed by atoms with E-state index in [1.165, 1.54) is 12.3 Å². The maximum absolute atomic E-state index is 13.8. The molecular weight excluding hydrogens is 260 g/mol. The number of pyridine rings is 1. The van der Waals surface area contributed by atoms with Crippen LogP contribution in [-0.4, -0.2) is 10.1 Å². The fourth-order valence-corrected chi connectivity index (χ4v) is 2.29. The summed E-state index contributed by atoms with van der Waals surface area (Å²) in [6.45, 7) is 0. The highest BCUT2D eigenvalue weighted by atomic mass is 19.1. The molecule has 3 aromatic rings. The number of aliphatic hydroxyl groups is 1. The molecule has 0 spiro atoms. The number of aliphatic hydroxyl groups excluding tert-OH is 1. The highest BCUT2D eigenvalue weighted by molar-refractivity contribution is 5.85. The van der Waals surface area contributed by atoms with Crippen LogP contribution in [-0.2, 0) is 0 Å². The molecule has 0 fully saturated rings. The molecule has 1 atom stereocenters. The third kappa shape index (κ3) is 2.04. The molecule has 1 N–H and O–H groups in total. The topological polar surface area (TPSA) is 33.1 Å². The zero-order valence-corrected chi connectivity index (χ0v) is 10.4. The lowest BCUT2D eigenvalue weighted by Gasteiger charge is -2.15. The minimum Gasteiger partial charge on any atom is -0.383 e. The van der Waals surface area contributed by atoms with Crippen molar-refractivity contribution >= 4 is 10.8 Å². The van der Waals surface area contributed by atoms with E-state index in [9.17, 15) is 13.9 Å². The molecule has 3 rings (SSSR count). The minimum atomic E-state index is -1.39. The maximum Gasteiger partial charge on any atom is 0.132 e. The predicted octanol–water partition coefficient (Wildman–Crippen LogP) is 3.59. The second-order valence-electron chi connectivity index (χ2n) is 4.49. The van der Waals surface area contributed by atoms with E-state index in [4.69, 9.17) is 0 Å². The quantitative estimate of drug-likeness (QED) is 0.772. The van der Waals surface area contributed by atoms with E-state index in [2.05, 4.69) is 4.98 Å². The Kier molecular flexibility index (Phi) is 3.16. The Labute approximate surface area is 114 Å². The lowest BCUT2D eigenvalue weighted by molar-refractivity contribution is 0.210. The van der Waals surface area contributed by atoms with Gasteiger partial charge in [0.1, 0.15) is 17.7 Å². The number of hydrogen-bond donors (Lipinski definition) is 1. The van der Waals surface area contributed by atoms with Crippen molar-refractivity contribution in [2.24, 2.45) is 0 Å². The Bertz CT molecular complexity index is 748. The van der Waals surface area contributed by atoms with Crippen molar-refractivity contribution in [3.63, 3.8) is 0 Å². The zero-order valence-electron chi connectivity index (χ0n) is 10.4. The van der Waals surface area contributed by atoms with Crippen molar-refractivity contribution in [1.29, 1.82) is 0 Å².